The second-order valence-corrected chi connectivity index (χ2v) is 12.8. The highest BCUT2D eigenvalue weighted by atomic mass is 35.5. The summed E-state index contributed by atoms with van der Waals surface area (Å²) in [6.07, 6.45) is 0.263. The van der Waals surface area contributed by atoms with Crippen LogP contribution in [-0.2, 0) is 37.5 Å². The fourth-order valence-electron chi connectivity index (χ4n) is 5.50. The summed E-state index contributed by atoms with van der Waals surface area (Å²) >= 11 is 6.30. The highest BCUT2D eigenvalue weighted by Crippen LogP contribution is 2.45. The molecule has 0 saturated heterocycles. The van der Waals surface area contributed by atoms with Gasteiger partial charge in [0.1, 0.15) is 28.6 Å². The van der Waals surface area contributed by atoms with Crippen LogP contribution in [0.4, 0.5) is 16.0 Å². The van der Waals surface area contributed by atoms with Crippen LogP contribution in [0.1, 0.15) is 36.1 Å². The molecule has 3 aromatic carbocycles. The number of nitrogens with zero attached hydrogens (tertiary/aromatic N) is 4. The standard InChI is InChI=1S/C31H28ClFN6O4S/c1-3-43-44(41,42)15-14-18-8-10-20(11-9-18)31(2)25-27(34)35-29(36-28(25)37-30(31)40)26-22-13-12-21(32)16-24(22)39(38-26)17-19-6-4-5-7-23(19)33/h4-13,16H,3,14-15,17H2,1-2H3,(H3,34,35,36,37,40). The van der Waals surface area contributed by atoms with Gasteiger partial charge in [0.2, 0.25) is 5.91 Å². The Labute approximate surface area is 258 Å². The molecule has 0 fully saturated rings. The summed E-state index contributed by atoms with van der Waals surface area (Å²) in [6, 6.07) is 18.8. The Bertz CT molecular complexity index is 2030. The van der Waals surface area contributed by atoms with Crippen LogP contribution in [0.15, 0.2) is 66.7 Å². The molecule has 1 atom stereocenters. The van der Waals surface area contributed by atoms with Crippen molar-refractivity contribution in [3.05, 3.63) is 99.8 Å². The molecular weight excluding hydrogens is 607 g/mol. The van der Waals surface area contributed by atoms with Crippen molar-refractivity contribution in [2.75, 3.05) is 23.4 Å². The molecule has 2 aromatic heterocycles. The number of hydrogen-bond donors (Lipinski definition) is 2. The van der Waals surface area contributed by atoms with Gasteiger partial charge in [0, 0.05) is 16.0 Å². The van der Waals surface area contributed by atoms with Crippen molar-refractivity contribution in [1.29, 1.82) is 0 Å². The van der Waals surface area contributed by atoms with Gasteiger partial charge in [0.15, 0.2) is 5.82 Å². The number of nitrogen functional groups attached to an aromatic ring is 1. The number of aromatic nitrogens is 4. The van der Waals surface area contributed by atoms with E-state index in [2.05, 4.69) is 15.3 Å². The average Bonchev–Trinajstić information content (AvgIpc) is 3.47. The molecule has 13 heteroatoms. The Kier molecular flexibility index (Phi) is 7.60. The lowest BCUT2D eigenvalue weighted by molar-refractivity contribution is -0.119. The summed E-state index contributed by atoms with van der Waals surface area (Å²) in [4.78, 5) is 22.7. The van der Waals surface area contributed by atoms with Crippen molar-refractivity contribution in [3.63, 3.8) is 0 Å². The quantitative estimate of drug-likeness (QED) is 0.214. The van der Waals surface area contributed by atoms with E-state index in [-0.39, 0.29) is 54.5 Å². The maximum absolute atomic E-state index is 14.5. The van der Waals surface area contributed by atoms with Gasteiger partial charge in [-0.3, -0.25) is 13.7 Å². The second-order valence-electron chi connectivity index (χ2n) is 10.6. The maximum atomic E-state index is 14.5. The van der Waals surface area contributed by atoms with E-state index >= 15 is 0 Å². The zero-order chi connectivity index (χ0) is 31.2. The van der Waals surface area contributed by atoms with E-state index in [1.165, 1.54) is 6.07 Å². The molecule has 226 valence electrons. The predicted octanol–water partition coefficient (Wildman–Crippen LogP) is 5.08. The van der Waals surface area contributed by atoms with Gasteiger partial charge in [-0.25, -0.2) is 14.4 Å². The SMILES string of the molecule is CCOS(=O)(=O)CCc1ccc(C2(C)C(=O)Nc3nc(-c4nn(Cc5ccccc5F)c5cc(Cl)ccc45)nc(N)c32)cc1. The Morgan fingerprint density at radius 3 is 2.57 bits per heavy atom. The zero-order valence-corrected chi connectivity index (χ0v) is 25.4. The number of fused-ring (bicyclic) bond motifs is 2. The third kappa shape index (κ3) is 5.29. The van der Waals surface area contributed by atoms with Crippen molar-refractivity contribution in [2.45, 2.75) is 32.2 Å². The number of nitrogens with one attached hydrogen (secondary N) is 1. The van der Waals surface area contributed by atoms with E-state index < -0.39 is 15.5 Å². The van der Waals surface area contributed by atoms with Crippen molar-refractivity contribution in [1.82, 2.24) is 19.7 Å². The smallest absolute Gasteiger partial charge is 0.267 e. The van der Waals surface area contributed by atoms with Crippen molar-refractivity contribution >= 4 is 50.2 Å². The fourth-order valence-corrected chi connectivity index (χ4v) is 6.62. The number of nitrogens with two attached hydrogens (primary N) is 1. The van der Waals surface area contributed by atoms with Gasteiger partial charge in [0.25, 0.3) is 10.1 Å². The molecule has 0 saturated carbocycles. The highest BCUT2D eigenvalue weighted by molar-refractivity contribution is 7.86. The van der Waals surface area contributed by atoms with E-state index in [4.69, 9.17) is 26.6 Å². The number of halogens is 2. The molecule has 44 heavy (non-hydrogen) atoms. The van der Waals surface area contributed by atoms with Crippen molar-refractivity contribution in [2.24, 2.45) is 0 Å². The topological polar surface area (TPSA) is 142 Å². The minimum Gasteiger partial charge on any atom is -0.383 e. The van der Waals surface area contributed by atoms with Gasteiger partial charge in [-0.05, 0) is 55.7 Å². The summed E-state index contributed by atoms with van der Waals surface area (Å²) < 4.78 is 44.8. The molecule has 1 aliphatic rings. The largest absolute Gasteiger partial charge is 0.383 e. The van der Waals surface area contributed by atoms with Crippen LogP contribution in [0.5, 0.6) is 0 Å². The molecule has 0 aliphatic carbocycles. The van der Waals surface area contributed by atoms with Crippen LogP contribution in [0.2, 0.25) is 5.02 Å². The van der Waals surface area contributed by atoms with Gasteiger partial charge in [-0.15, -0.1) is 0 Å². The molecule has 0 bridgehead atoms. The predicted molar refractivity (Wildman–Crippen MR) is 166 cm³/mol. The minimum atomic E-state index is -3.61. The zero-order valence-electron chi connectivity index (χ0n) is 23.8. The van der Waals surface area contributed by atoms with Gasteiger partial charge in [-0.1, -0.05) is 54.1 Å². The monoisotopic (exact) mass is 634 g/mol. The summed E-state index contributed by atoms with van der Waals surface area (Å²) in [5, 5.41) is 8.73. The molecule has 6 rings (SSSR count). The van der Waals surface area contributed by atoms with Crippen LogP contribution >= 0.6 is 11.6 Å². The summed E-state index contributed by atoms with van der Waals surface area (Å²) in [7, 11) is -3.61. The molecule has 0 radical (unpaired) electrons. The lowest BCUT2D eigenvalue weighted by Crippen LogP contribution is -2.33. The second kappa shape index (κ2) is 11.3. The van der Waals surface area contributed by atoms with Crippen LogP contribution < -0.4 is 11.1 Å². The van der Waals surface area contributed by atoms with Crippen molar-refractivity contribution < 1.29 is 21.8 Å². The van der Waals surface area contributed by atoms with Crippen molar-refractivity contribution in [3.8, 4) is 11.5 Å². The molecule has 10 nitrogen and oxygen atoms in total. The van der Waals surface area contributed by atoms with Gasteiger partial charge in [0.05, 0.1) is 30.0 Å². The Balaban J connectivity index is 1.36. The van der Waals surface area contributed by atoms with E-state index in [1.807, 2.05) is 0 Å². The molecule has 3 N–H and O–H groups in total. The van der Waals surface area contributed by atoms with E-state index in [1.54, 1.807) is 79.2 Å². The van der Waals surface area contributed by atoms with Crippen LogP contribution in [0.3, 0.4) is 0 Å². The Morgan fingerprint density at radius 1 is 1.09 bits per heavy atom. The van der Waals surface area contributed by atoms with Gasteiger partial charge in [-0.2, -0.15) is 13.5 Å². The molecule has 1 aliphatic heterocycles. The third-order valence-corrected chi connectivity index (χ3v) is 9.33. The number of anilines is 2. The summed E-state index contributed by atoms with van der Waals surface area (Å²) in [5.74, 6) is -0.291. The first-order valence-electron chi connectivity index (χ1n) is 13.9. The molecule has 0 spiro atoms. The third-order valence-electron chi connectivity index (χ3n) is 7.80. The lowest BCUT2D eigenvalue weighted by Gasteiger charge is -2.23. The normalized spacial score (nSPS) is 16.3. The highest BCUT2D eigenvalue weighted by Gasteiger charge is 2.47. The number of carbonyl (C=O) groups is 1. The van der Waals surface area contributed by atoms with Crippen LogP contribution in [0, 0.1) is 5.82 Å². The maximum Gasteiger partial charge on any atom is 0.267 e. The number of aryl methyl sites for hydroxylation is 1. The molecule has 3 heterocycles. The van der Waals surface area contributed by atoms with E-state index in [9.17, 15) is 17.6 Å². The first-order valence-corrected chi connectivity index (χ1v) is 15.8. The number of hydrogen-bond acceptors (Lipinski definition) is 8. The number of amides is 1. The number of benzene rings is 3. The number of carbonyl (C=O) groups excluding carboxylic acids is 1. The molecule has 1 unspecified atom stereocenters. The summed E-state index contributed by atoms with van der Waals surface area (Å²) in [6.45, 7) is 3.59. The fraction of sp³-hybridized carbons (Fsp3) is 0.226. The summed E-state index contributed by atoms with van der Waals surface area (Å²) in [5.41, 5.74) is 8.67. The minimum absolute atomic E-state index is 0.0828. The average molecular weight is 635 g/mol. The van der Waals surface area contributed by atoms with E-state index in [0.717, 1.165) is 5.56 Å². The first kappa shape index (κ1) is 29.7. The molecule has 1 amide bonds. The molecular formula is C31H28ClFN6O4S. The Hall–Kier alpha value is -4.39. The molecule has 5 aromatic rings. The van der Waals surface area contributed by atoms with Crippen LogP contribution in [-0.4, -0.2) is 46.4 Å². The first-order chi connectivity index (χ1) is 21.0. The van der Waals surface area contributed by atoms with Crippen LogP contribution in [0.25, 0.3) is 22.4 Å². The van der Waals surface area contributed by atoms with E-state index in [0.29, 0.717) is 38.3 Å². The van der Waals surface area contributed by atoms with Gasteiger partial charge < -0.3 is 11.1 Å². The number of rotatable bonds is 9. The van der Waals surface area contributed by atoms with Gasteiger partial charge >= 0.3 is 0 Å². The lowest BCUT2D eigenvalue weighted by atomic mass is 9.77. The Morgan fingerprint density at radius 2 is 1.84 bits per heavy atom.